The van der Waals surface area contributed by atoms with Crippen LogP contribution in [-0.4, -0.2) is 81.5 Å². The first-order valence-electron chi connectivity index (χ1n) is 15.2. The van der Waals surface area contributed by atoms with Gasteiger partial charge in [0.15, 0.2) is 5.82 Å². The molecule has 0 unspecified atom stereocenters. The molecule has 4 aliphatic rings. The molecule has 6 heterocycles. The minimum atomic E-state index is -1.03. The number of pyridine rings is 1. The lowest BCUT2D eigenvalue weighted by molar-refractivity contribution is 0.107. The predicted octanol–water partition coefficient (Wildman–Crippen LogP) is 4.85. The van der Waals surface area contributed by atoms with E-state index >= 15 is 8.78 Å². The van der Waals surface area contributed by atoms with Gasteiger partial charge in [0.1, 0.15) is 46.8 Å². The average molecular weight is 619 g/mol. The van der Waals surface area contributed by atoms with Crippen LogP contribution in [0.3, 0.4) is 0 Å². The summed E-state index contributed by atoms with van der Waals surface area (Å²) in [4.78, 5) is 17.0. The molecule has 0 spiro atoms. The lowest BCUT2D eigenvalue weighted by atomic mass is 9.95. The Bertz CT molecular complexity index is 1900. The van der Waals surface area contributed by atoms with E-state index in [1.54, 1.807) is 0 Å². The first-order valence-corrected chi connectivity index (χ1v) is 15.2. The van der Waals surface area contributed by atoms with Crippen LogP contribution in [0.2, 0.25) is 0 Å². The molecule has 8 rings (SSSR count). The number of terminal acetylenes is 1. The number of fused-ring (bicyclic) bond motifs is 5. The number of anilines is 1. The SMILES string of the molecule is C#Cc1c(F)ccc2cc(O)cc(-c3nc(F)c4c(N5C[C@H]6CC[C@@H](C5)N6)nc(OC[C@@]56CCCN5C[C@H](F)C6)nc4c3F)c12. The van der Waals surface area contributed by atoms with Crippen LogP contribution in [0.4, 0.5) is 23.4 Å². The smallest absolute Gasteiger partial charge is 0.319 e. The quantitative estimate of drug-likeness (QED) is 0.187. The molecule has 0 saturated carbocycles. The number of benzene rings is 2. The molecule has 232 valence electrons. The molecular weight excluding hydrogens is 588 g/mol. The first-order chi connectivity index (χ1) is 21.7. The second-order valence-electron chi connectivity index (χ2n) is 12.7. The molecular formula is C33H30F4N6O2. The third kappa shape index (κ3) is 4.55. The van der Waals surface area contributed by atoms with Gasteiger partial charge in [-0.2, -0.15) is 14.4 Å². The monoisotopic (exact) mass is 618 g/mol. The van der Waals surface area contributed by atoms with Crippen LogP contribution in [0, 0.1) is 29.9 Å². The maximum atomic E-state index is 16.7. The average Bonchev–Trinajstić information content (AvgIpc) is 3.67. The van der Waals surface area contributed by atoms with Gasteiger partial charge in [-0.05, 0) is 55.8 Å². The fourth-order valence-corrected chi connectivity index (χ4v) is 7.94. The number of phenolic OH excluding ortho intramolecular Hbond substituents is 1. The van der Waals surface area contributed by atoms with Gasteiger partial charge in [0.25, 0.3) is 0 Å². The van der Waals surface area contributed by atoms with Gasteiger partial charge in [0.2, 0.25) is 5.95 Å². The molecule has 45 heavy (non-hydrogen) atoms. The van der Waals surface area contributed by atoms with Gasteiger partial charge in [-0.1, -0.05) is 12.0 Å². The van der Waals surface area contributed by atoms with Crippen LogP contribution < -0.4 is 15.0 Å². The number of rotatable bonds is 5. The van der Waals surface area contributed by atoms with Crippen molar-refractivity contribution in [2.45, 2.75) is 55.9 Å². The zero-order valence-corrected chi connectivity index (χ0v) is 24.3. The summed E-state index contributed by atoms with van der Waals surface area (Å²) in [5, 5.41) is 14.2. The van der Waals surface area contributed by atoms with E-state index in [1.807, 2.05) is 4.90 Å². The fourth-order valence-electron chi connectivity index (χ4n) is 7.94. The zero-order valence-electron chi connectivity index (χ0n) is 24.3. The molecule has 2 N–H and O–H groups in total. The normalized spacial score (nSPS) is 26.1. The Labute approximate surface area is 256 Å². The summed E-state index contributed by atoms with van der Waals surface area (Å²) in [7, 11) is 0. The van der Waals surface area contributed by atoms with Crippen LogP contribution >= 0.6 is 0 Å². The number of hydrogen-bond acceptors (Lipinski definition) is 8. The molecule has 0 aliphatic carbocycles. The lowest BCUT2D eigenvalue weighted by Gasteiger charge is -2.34. The Balaban J connectivity index is 1.30. The van der Waals surface area contributed by atoms with Crippen molar-refractivity contribution in [2.24, 2.45) is 0 Å². The second-order valence-corrected chi connectivity index (χ2v) is 12.7. The topological polar surface area (TPSA) is 86.6 Å². The first kappa shape index (κ1) is 28.3. The number of phenols is 1. The Hall–Kier alpha value is -4.21. The van der Waals surface area contributed by atoms with Crippen LogP contribution in [-0.2, 0) is 0 Å². The van der Waals surface area contributed by atoms with E-state index < -0.39 is 35.0 Å². The van der Waals surface area contributed by atoms with E-state index in [0.29, 0.717) is 31.4 Å². The van der Waals surface area contributed by atoms with Crippen LogP contribution in [0.1, 0.15) is 37.7 Å². The van der Waals surface area contributed by atoms with E-state index in [9.17, 15) is 13.9 Å². The molecule has 0 radical (unpaired) electrons. The highest BCUT2D eigenvalue weighted by molar-refractivity contribution is 6.03. The second kappa shape index (κ2) is 10.4. The van der Waals surface area contributed by atoms with Crippen LogP contribution in [0.25, 0.3) is 32.9 Å². The van der Waals surface area contributed by atoms with E-state index in [0.717, 1.165) is 38.3 Å². The van der Waals surface area contributed by atoms with Crippen molar-refractivity contribution in [2.75, 3.05) is 37.7 Å². The number of nitrogens with one attached hydrogen (secondary N) is 1. The Morgan fingerprint density at radius 1 is 1.07 bits per heavy atom. The van der Waals surface area contributed by atoms with Gasteiger partial charge >= 0.3 is 6.01 Å². The Morgan fingerprint density at radius 3 is 2.64 bits per heavy atom. The van der Waals surface area contributed by atoms with Crippen LogP contribution in [0.15, 0.2) is 24.3 Å². The summed E-state index contributed by atoms with van der Waals surface area (Å²) in [6.07, 6.45) is 8.56. The molecule has 2 aromatic heterocycles. The summed E-state index contributed by atoms with van der Waals surface area (Å²) in [5.41, 5.74) is -1.62. The van der Waals surface area contributed by atoms with Crippen LogP contribution in [0.5, 0.6) is 11.8 Å². The fraction of sp³-hybridized carbons (Fsp3) is 0.424. The summed E-state index contributed by atoms with van der Waals surface area (Å²) in [6, 6.07) is 5.25. The van der Waals surface area contributed by atoms with Crippen molar-refractivity contribution in [3.63, 3.8) is 0 Å². The van der Waals surface area contributed by atoms with Crippen molar-refractivity contribution in [3.8, 4) is 35.4 Å². The Morgan fingerprint density at radius 2 is 1.87 bits per heavy atom. The van der Waals surface area contributed by atoms with Crippen molar-refractivity contribution in [1.82, 2.24) is 25.2 Å². The minimum absolute atomic E-state index is 0.0842. The number of aromatic hydroxyl groups is 1. The van der Waals surface area contributed by atoms with E-state index in [2.05, 4.69) is 31.1 Å². The van der Waals surface area contributed by atoms with Gasteiger partial charge in [-0.15, -0.1) is 6.42 Å². The molecule has 4 saturated heterocycles. The third-order valence-electron chi connectivity index (χ3n) is 9.90. The van der Waals surface area contributed by atoms with Gasteiger partial charge in [-0.3, -0.25) is 4.90 Å². The maximum Gasteiger partial charge on any atom is 0.319 e. The predicted molar refractivity (Wildman–Crippen MR) is 160 cm³/mol. The van der Waals surface area contributed by atoms with Gasteiger partial charge < -0.3 is 20.1 Å². The number of piperazine rings is 1. The molecule has 0 amide bonds. The van der Waals surface area contributed by atoms with Crippen molar-refractivity contribution in [1.29, 1.82) is 0 Å². The number of aromatic nitrogens is 3. The number of halogens is 4. The maximum absolute atomic E-state index is 16.7. The third-order valence-corrected chi connectivity index (χ3v) is 9.90. The summed E-state index contributed by atoms with van der Waals surface area (Å²) < 4.78 is 68.3. The van der Waals surface area contributed by atoms with Crippen molar-refractivity contribution >= 4 is 27.5 Å². The summed E-state index contributed by atoms with van der Waals surface area (Å²) in [6.45, 7) is 2.26. The standard InChI is InChI=1S/C33H30F4N6O2/c1-2-22-24(35)7-4-17-10-21(44)11-23(25(17)22)28-27(36)29-26(30(37)39-28)31(42-14-19-5-6-20(15-42)38-19)41-32(40-29)45-16-33-8-3-9-43(33)13-18(34)12-33/h1,4,7,10-11,18-20,38,44H,3,5-6,8-9,12-16H2/t18-,19-,20+,33+/m1/s1. The highest BCUT2D eigenvalue weighted by Crippen LogP contribution is 2.42. The molecule has 4 atom stereocenters. The Kier molecular flexibility index (Phi) is 6.55. The molecule has 2 aromatic carbocycles. The minimum Gasteiger partial charge on any atom is -0.508 e. The van der Waals surface area contributed by atoms with Gasteiger partial charge in [0, 0.05) is 49.1 Å². The molecule has 4 aliphatic heterocycles. The largest absolute Gasteiger partial charge is 0.508 e. The number of hydrogen-bond donors (Lipinski definition) is 2. The highest BCUT2D eigenvalue weighted by atomic mass is 19.1. The molecule has 4 fully saturated rings. The van der Waals surface area contributed by atoms with Crippen molar-refractivity contribution < 1.29 is 27.4 Å². The van der Waals surface area contributed by atoms with Gasteiger partial charge in [-0.25, -0.2) is 18.2 Å². The lowest BCUT2D eigenvalue weighted by Crippen LogP contribution is -2.51. The number of alkyl halides is 1. The number of nitrogens with zero attached hydrogens (tertiary/aromatic N) is 5. The summed E-state index contributed by atoms with van der Waals surface area (Å²) in [5.74, 6) is -0.563. The zero-order chi connectivity index (χ0) is 31.0. The van der Waals surface area contributed by atoms with E-state index in [4.69, 9.17) is 11.2 Å². The van der Waals surface area contributed by atoms with Crippen molar-refractivity contribution in [3.05, 3.63) is 47.4 Å². The highest BCUT2D eigenvalue weighted by Gasteiger charge is 2.49. The van der Waals surface area contributed by atoms with E-state index in [-0.39, 0.29) is 63.7 Å². The van der Waals surface area contributed by atoms with E-state index in [1.165, 1.54) is 18.2 Å². The summed E-state index contributed by atoms with van der Waals surface area (Å²) >= 11 is 0. The molecule has 12 heteroatoms. The molecule has 2 bridgehead atoms. The number of ether oxygens (including phenoxy) is 1. The van der Waals surface area contributed by atoms with Gasteiger partial charge in [0.05, 0.1) is 11.1 Å². The molecule has 8 nitrogen and oxygen atoms in total. The molecule has 4 aromatic rings.